The molecular formula is C11H8BrClN2. The molecule has 0 N–H and O–H groups in total. The smallest absolute Gasteiger partial charge is 0.125 e. The summed E-state index contributed by atoms with van der Waals surface area (Å²) < 4.78 is 2.95. The Morgan fingerprint density at radius 3 is 3.00 bits per heavy atom. The Morgan fingerprint density at radius 2 is 2.33 bits per heavy atom. The molecule has 0 amide bonds. The molecule has 4 heteroatoms. The molecule has 0 spiro atoms. The lowest BCUT2D eigenvalue weighted by molar-refractivity contribution is 0.815. The van der Waals surface area contributed by atoms with E-state index < -0.39 is 0 Å². The van der Waals surface area contributed by atoms with E-state index in [0.29, 0.717) is 12.4 Å². The molecule has 15 heavy (non-hydrogen) atoms. The van der Waals surface area contributed by atoms with Crippen molar-refractivity contribution in [3.8, 4) is 12.3 Å². The van der Waals surface area contributed by atoms with Crippen molar-refractivity contribution in [3.63, 3.8) is 0 Å². The normalized spacial score (nSPS) is 10.5. The molecule has 0 aliphatic heterocycles. The van der Waals surface area contributed by atoms with Crippen molar-refractivity contribution < 1.29 is 0 Å². The van der Waals surface area contributed by atoms with Crippen LogP contribution in [0.2, 0.25) is 0 Å². The van der Waals surface area contributed by atoms with Crippen molar-refractivity contribution >= 4 is 38.6 Å². The van der Waals surface area contributed by atoms with Crippen LogP contribution in [0.25, 0.3) is 11.0 Å². The van der Waals surface area contributed by atoms with E-state index in [2.05, 4.69) is 26.8 Å². The predicted molar refractivity (Wildman–Crippen MR) is 65.8 cm³/mol. The summed E-state index contributed by atoms with van der Waals surface area (Å²) in [4.78, 5) is 4.42. The largest absolute Gasteiger partial charge is 0.315 e. The number of imidazole rings is 1. The van der Waals surface area contributed by atoms with Gasteiger partial charge in [-0.25, -0.2) is 4.98 Å². The lowest BCUT2D eigenvalue weighted by Gasteiger charge is -2.01. The highest BCUT2D eigenvalue weighted by Gasteiger charge is 2.08. The van der Waals surface area contributed by atoms with Crippen molar-refractivity contribution in [2.45, 2.75) is 12.4 Å². The van der Waals surface area contributed by atoms with Gasteiger partial charge in [-0.3, -0.25) is 0 Å². The second kappa shape index (κ2) is 4.26. The van der Waals surface area contributed by atoms with Crippen LogP contribution in [0.4, 0.5) is 0 Å². The molecule has 0 fully saturated rings. The maximum atomic E-state index is 5.82. The number of benzene rings is 1. The molecule has 0 bridgehead atoms. The molecule has 2 aromatic rings. The van der Waals surface area contributed by atoms with Crippen LogP contribution in [0.15, 0.2) is 22.7 Å². The van der Waals surface area contributed by atoms with E-state index in [4.69, 9.17) is 18.0 Å². The number of aromatic nitrogens is 2. The summed E-state index contributed by atoms with van der Waals surface area (Å²) in [5.41, 5.74) is 1.93. The van der Waals surface area contributed by atoms with Gasteiger partial charge in [-0.1, -0.05) is 21.9 Å². The van der Waals surface area contributed by atoms with E-state index in [1.54, 1.807) is 0 Å². The number of alkyl halides is 1. The Bertz CT molecular complexity index is 539. The zero-order valence-electron chi connectivity index (χ0n) is 7.87. The molecule has 0 aliphatic rings. The average molecular weight is 284 g/mol. The van der Waals surface area contributed by atoms with Crippen LogP contribution < -0.4 is 0 Å². The van der Waals surface area contributed by atoms with Gasteiger partial charge in [-0.2, -0.15) is 0 Å². The van der Waals surface area contributed by atoms with E-state index in [-0.39, 0.29) is 0 Å². The van der Waals surface area contributed by atoms with Crippen molar-refractivity contribution in [2.24, 2.45) is 0 Å². The monoisotopic (exact) mass is 282 g/mol. The molecular weight excluding hydrogens is 275 g/mol. The minimum atomic E-state index is 0.369. The standard InChI is InChI=1S/C11H8BrClN2/c1-2-5-15-10-4-3-8(12)6-9(10)14-11(15)7-13/h1,3-4,6H,5,7H2. The van der Waals surface area contributed by atoms with E-state index in [0.717, 1.165) is 21.3 Å². The summed E-state index contributed by atoms with van der Waals surface area (Å²) >= 11 is 9.22. The Morgan fingerprint density at radius 1 is 1.53 bits per heavy atom. The third kappa shape index (κ3) is 1.88. The molecule has 0 unspecified atom stereocenters. The number of rotatable bonds is 2. The summed E-state index contributed by atoms with van der Waals surface area (Å²) in [6.07, 6.45) is 5.31. The van der Waals surface area contributed by atoms with Gasteiger partial charge in [0.25, 0.3) is 0 Å². The Hall–Kier alpha value is -0.980. The lowest BCUT2D eigenvalue weighted by Crippen LogP contribution is -2.00. The minimum absolute atomic E-state index is 0.369. The van der Waals surface area contributed by atoms with Crippen LogP contribution >= 0.6 is 27.5 Å². The van der Waals surface area contributed by atoms with Crippen molar-refractivity contribution in [1.29, 1.82) is 0 Å². The number of terminal acetylenes is 1. The molecule has 0 saturated carbocycles. The first-order valence-corrected chi connectivity index (χ1v) is 5.73. The maximum Gasteiger partial charge on any atom is 0.125 e. The van der Waals surface area contributed by atoms with E-state index >= 15 is 0 Å². The third-order valence-corrected chi connectivity index (χ3v) is 2.89. The first kappa shape index (κ1) is 10.5. The second-order valence-corrected chi connectivity index (χ2v) is 4.27. The van der Waals surface area contributed by atoms with Gasteiger partial charge in [0.1, 0.15) is 5.82 Å². The van der Waals surface area contributed by atoms with Gasteiger partial charge in [-0.15, -0.1) is 18.0 Å². The first-order valence-electron chi connectivity index (χ1n) is 4.40. The van der Waals surface area contributed by atoms with Crippen LogP contribution in [0.1, 0.15) is 5.82 Å². The van der Waals surface area contributed by atoms with Gasteiger partial charge in [0.15, 0.2) is 0 Å². The van der Waals surface area contributed by atoms with Gasteiger partial charge in [0, 0.05) is 4.47 Å². The summed E-state index contributed by atoms with van der Waals surface area (Å²) in [7, 11) is 0. The van der Waals surface area contributed by atoms with Crippen LogP contribution in [0, 0.1) is 12.3 Å². The average Bonchev–Trinajstić information content (AvgIpc) is 2.56. The molecule has 1 aromatic carbocycles. The number of hydrogen-bond acceptors (Lipinski definition) is 1. The van der Waals surface area contributed by atoms with Crippen molar-refractivity contribution in [3.05, 3.63) is 28.5 Å². The first-order chi connectivity index (χ1) is 7.26. The molecule has 0 atom stereocenters. The van der Waals surface area contributed by atoms with Crippen LogP contribution in [0.3, 0.4) is 0 Å². The van der Waals surface area contributed by atoms with Crippen molar-refractivity contribution in [1.82, 2.24) is 9.55 Å². The molecule has 76 valence electrons. The topological polar surface area (TPSA) is 17.8 Å². The van der Waals surface area contributed by atoms with Crippen LogP contribution in [0.5, 0.6) is 0 Å². The Balaban J connectivity index is 2.70. The highest BCUT2D eigenvalue weighted by Crippen LogP contribution is 2.21. The zero-order valence-corrected chi connectivity index (χ0v) is 10.2. The number of halogens is 2. The number of fused-ring (bicyclic) bond motifs is 1. The van der Waals surface area contributed by atoms with Crippen LogP contribution in [-0.4, -0.2) is 9.55 Å². The zero-order chi connectivity index (χ0) is 10.8. The number of nitrogens with zero attached hydrogens (tertiary/aromatic N) is 2. The fourth-order valence-electron chi connectivity index (χ4n) is 1.52. The highest BCUT2D eigenvalue weighted by molar-refractivity contribution is 9.10. The van der Waals surface area contributed by atoms with Gasteiger partial charge >= 0.3 is 0 Å². The summed E-state index contributed by atoms with van der Waals surface area (Å²) in [5, 5.41) is 0. The summed E-state index contributed by atoms with van der Waals surface area (Å²) in [5.74, 6) is 3.78. The summed E-state index contributed by atoms with van der Waals surface area (Å²) in [6.45, 7) is 0.500. The Labute approximate surface area is 101 Å². The molecule has 0 aliphatic carbocycles. The molecule has 1 heterocycles. The molecule has 0 radical (unpaired) electrons. The second-order valence-electron chi connectivity index (χ2n) is 3.08. The fourth-order valence-corrected chi connectivity index (χ4v) is 2.08. The van der Waals surface area contributed by atoms with E-state index in [1.165, 1.54) is 0 Å². The SMILES string of the molecule is C#CCn1c(CCl)nc2cc(Br)ccc21. The fraction of sp³-hybridized carbons (Fsp3) is 0.182. The quantitative estimate of drug-likeness (QED) is 0.611. The molecule has 2 nitrogen and oxygen atoms in total. The maximum absolute atomic E-state index is 5.82. The van der Waals surface area contributed by atoms with Gasteiger partial charge in [0.2, 0.25) is 0 Å². The van der Waals surface area contributed by atoms with E-state index in [1.807, 2.05) is 22.8 Å². The van der Waals surface area contributed by atoms with Gasteiger partial charge < -0.3 is 4.57 Å². The van der Waals surface area contributed by atoms with Crippen LogP contribution in [-0.2, 0) is 12.4 Å². The lowest BCUT2D eigenvalue weighted by atomic mass is 10.3. The van der Waals surface area contributed by atoms with Crippen molar-refractivity contribution in [2.75, 3.05) is 0 Å². The Kier molecular flexibility index (Phi) is 2.99. The molecule has 2 rings (SSSR count). The number of hydrogen-bond donors (Lipinski definition) is 0. The summed E-state index contributed by atoms with van der Waals surface area (Å²) in [6, 6.07) is 5.91. The highest BCUT2D eigenvalue weighted by atomic mass is 79.9. The molecule has 0 saturated heterocycles. The van der Waals surface area contributed by atoms with Gasteiger partial charge in [-0.05, 0) is 18.2 Å². The minimum Gasteiger partial charge on any atom is -0.315 e. The molecule has 1 aromatic heterocycles. The third-order valence-electron chi connectivity index (χ3n) is 2.16. The predicted octanol–water partition coefficient (Wildman–Crippen LogP) is 3.17. The van der Waals surface area contributed by atoms with E-state index in [9.17, 15) is 0 Å². The van der Waals surface area contributed by atoms with Gasteiger partial charge in [0.05, 0.1) is 23.5 Å².